The van der Waals surface area contributed by atoms with Gasteiger partial charge in [0.2, 0.25) is 11.8 Å². The van der Waals surface area contributed by atoms with Gasteiger partial charge in [0.25, 0.3) is 0 Å². The van der Waals surface area contributed by atoms with E-state index in [1.165, 1.54) is 11.8 Å². The second-order valence-corrected chi connectivity index (χ2v) is 5.60. The molecule has 1 saturated carbocycles. The Bertz CT molecular complexity index is 586. The fourth-order valence-corrected chi connectivity index (χ4v) is 3.27. The number of carbonyl (C=O) groups is 3. The van der Waals surface area contributed by atoms with Gasteiger partial charge in [-0.05, 0) is 25.0 Å². The van der Waals surface area contributed by atoms with Gasteiger partial charge in [0, 0.05) is 13.0 Å². The van der Waals surface area contributed by atoms with Gasteiger partial charge in [-0.1, -0.05) is 18.9 Å². The highest BCUT2D eigenvalue weighted by Gasteiger charge is 2.48. The minimum absolute atomic E-state index is 0.121. The van der Waals surface area contributed by atoms with Crippen molar-refractivity contribution >= 4 is 23.5 Å². The van der Waals surface area contributed by atoms with E-state index in [1.807, 2.05) is 0 Å². The van der Waals surface area contributed by atoms with Crippen LogP contribution in [0.4, 0.5) is 5.69 Å². The van der Waals surface area contributed by atoms with Crippen molar-refractivity contribution in [2.45, 2.75) is 32.6 Å². The van der Waals surface area contributed by atoms with Gasteiger partial charge in [-0.3, -0.25) is 14.4 Å². The molecule has 0 unspecified atom stereocenters. The first kappa shape index (κ1) is 13.8. The van der Waals surface area contributed by atoms with Crippen molar-refractivity contribution < 1.29 is 19.1 Å². The average molecular weight is 287 g/mol. The third kappa shape index (κ3) is 2.44. The van der Waals surface area contributed by atoms with Gasteiger partial charge in [-0.15, -0.1) is 0 Å². The third-order valence-electron chi connectivity index (χ3n) is 4.18. The highest BCUT2D eigenvalue weighted by Crippen LogP contribution is 2.40. The molecular formula is C16H17NO4. The number of amides is 2. The molecule has 2 fully saturated rings. The van der Waals surface area contributed by atoms with E-state index < -0.39 is 5.97 Å². The molecule has 0 bridgehead atoms. The van der Waals surface area contributed by atoms with Crippen molar-refractivity contribution in [1.29, 1.82) is 0 Å². The zero-order chi connectivity index (χ0) is 15.0. The van der Waals surface area contributed by atoms with Gasteiger partial charge in [0.05, 0.1) is 17.5 Å². The molecule has 0 N–H and O–H groups in total. The minimum atomic E-state index is -0.431. The average Bonchev–Trinajstić information content (AvgIpc) is 2.71. The molecule has 2 aliphatic rings. The molecule has 1 aromatic carbocycles. The van der Waals surface area contributed by atoms with Crippen LogP contribution in [-0.2, 0) is 14.4 Å². The predicted octanol–water partition coefficient (Wildman–Crippen LogP) is 2.29. The molecule has 5 nitrogen and oxygen atoms in total. The lowest BCUT2D eigenvalue weighted by molar-refractivity contribution is -0.132. The number of ether oxygens (including phenoxy) is 1. The molecule has 2 atom stereocenters. The quantitative estimate of drug-likeness (QED) is 0.475. The number of nitrogens with zero attached hydrogens (tertiary/aromatic N) is 1. The van der Waals surface area contributed by atoms with Crippen molar-refractivity contribution in [3.8, 4) is 5.75 Å². The van der Waals surface area contributed by atoms with Gasteiger partial charge < -0.3 is 4.74 Å². The number of hydrogen-bond donors (Lipinski definition) is 0. The van der Waals surface area contributed by atoms with E-state index in [4.69, 9.17) is 4.74 Å². The lowest BCUT2D eigenvalue weighted by atomic mass is 9.81. The van der Waals surface area contributed by atoms with Crippen molar-refractivity contribution in [2.24, 2.45) is 11.8 Å². The van der Waals surface area contributed by atoms with E-state index in [2.05, 4.69) is 0 Å². The lowest BCUT2D eigenvalue weighted by Gasteiger charge is -2.19. The van der Waals surface area contributed by atoms with Crippen LogP contribution in [0.1, 0.15) is 32.6 Å². The summed E-state index contributed by atoms with van der Waals surface area (Å²) in [6, 6.07) is 6.56. The van der Waals surface area contributed by atoms with E-state index in [9.17, 15) is 14.4 Å². The number of esters is 1. The van der Waals surface area contributed by atoms with Crippen LogP contribution in [0.25, 0.3) is 0 Å². The van der Waals surface area contributed by atoms with E-state index in [1.54, 1.807) is 24.3 Å². The first-order valence-corrected chi connectivity index (χ1v) is 7.24. The molecular weight excluding hydrogens is 270 g/mol. The summed E-state index contributed by atoms with van der Waals surface area (Å²) in [5.74, 6) is -0.683. The first-order valence-electron chi connectivity index (χ1n) is 7.24. The maximum atomic E-state index is 12.5. The van der Waals surface area contributed by atoms with Crippen molar-refractivity contribution in [1.82, 2.24) is 0 Å². The summed E-state index contributed by atoms with van der Waals surface area (Å²) in [5, 5.41) is 0. The summed E-state index contributed by atoms with van der Waals surface area (Å²) in [4.78, 5) is 37.2. The Kier molecular flexibility index (Phi) is 3.49. The lowest BCUT2D eigenvalue weighted by Crippen LogP contribution is -2.30. The normalized spacial score (nSPS) is 24.9. The molecule has 1 aliphatic carbocycles. The highest BCUT2D eigenvalue weighted by molar-refractivity contribution is 6.22. The number of rotatable bonds is 2. The zero-order valence-corrected chi connectivity index (χ0v) is 11.9. The third-order valence-corrected chi connectivity index (χ3v) is 4.18. The largest absolute Gasteiger partial charge is 0.427 e. The van der Waals surface area contributed by atoms with E-state index in [0.29, 0.717) is 11.4 Å². The maximum absolute atomic E-state index is 12.5. The monoisotopic (exact) mass is 287 g/mol. The van der Waals surface area contributed by atoms with Gasteiger partial charge in [0.15, 0.2) is 0 Å². The molecule has 1 aromatic rings. The standard InChI is InChI=1S/C16H17NO4/c1-10(18)21-12-6-4-5-11(9-12)17-15(19)13-7-2-3-8-14(13)16(17)20/h4-6,9,13-14H,2-3,7-8H2,1H3/t13-,14+. The van der Waals surface area contributed by atoms with Crippen LogP contribution in [0, 0.1) is 11.8 Å². The van der Waals surface area contributed by atoms with Crippen LogP contribution >= 0.6 is 0 Å². The Hall–Kier alpha value is -2.17. The molecule has 0 spiro atoms. The van der Waals surface area contributed by atoms with E-state index >= 15 is 0 Å². The van der Waals surface area contributed by atoms with Gasteiger partial charge in [-0.25, -0.2) is 4.90 Å². The molecule has 2 amide bonds. The molecule has 0 radical (unpaired) electrons. The van der Waals surface area contributed by atoms with Crippen LogP contribution in [-0.4, -0.2) is 17.8 Å². The van der Waals surface area contributed by atoms with E-state index in [-0.39, 0.29) is 23.7 Å². The van der Waals surface area contributed by atoms with Crippen LogP contribution in [0.2, 0.25) is 0 Å². The SMILES string of the molecule is CC(=O)Oc1cccc(N2C(=O)[C@H]3CCCC[C@H]3C2=O)c1. The molecule has 110 valence electrons. The number of fused-ring (bicyclic) bond motifs is 1. The second kappa shape index (κ2) is 5.31. The van der Waals surface area contributed by atoms with Crippen molar-refractivity contribution in [3.05, 3.63) is 24.3 Å². The molecule has 3 rings (SSSR count). The summed E-state index contributed by atoms with van der Waals surface area (Å²) < 4.78 is 5.02. The summed E-state index contributed by atoms with van der Waals surface area (Å²) in [6.45, 7) is 1.31. The molecule has 21 heavy (non-hydrogen) atoms. The summed E-state index contributed by atoms with van der Waals surface area (Å²) >= 11 is 0. The van der Waals surface area contributed by atoms with Gasteiger partial charge >= 0.3 is 5.97 Å². The molecule has 1 aliphatic heterocycles. The van der Waals surface area contributed by atoms with Crippen LogP contribution < -0.4 is 9.64 Å². The minimum Gasteiger partial charge on any atom is -0.427 e. The first-order chi connectivity index (χ1) is 10.1. The Balaban J connectivity index is 1.91. The predicted molar refractivity (Wildman–Crippen MR) is 75.7 cm³/mol. The fourth-order valence-electron chi connectivity index (χ4n) is 3.27. The van der Waals surface area contributed by atoms with Crippen LogP contribution in [0.3, 0.4) is 0 Å². The maximum Gasteiger partial charge on any atom is 0.308 e. The smallest absolute Gasteiger partial charge is 0.308 e. The molecule has 1 saturated heterocycles. The van der Waals surface area contributed by atoms with Crippen molar-refractivity contribution in [3.63, 3.8) is 0 Å². The van der Waals surface area contributed by atoms with Gasteiger partial charge in [-0.2, -0.15) is 0 Å². The summed E-state index contributed by atoms with van der Waals surface area (Å²) in [6.07, 6.45) is 3.58. The fraction of sp³-hybridized carbons (Fsp3) is 0.438. The molecule has 1 heterocycles. The van der Waals surface area contributed by atoms with Crippen molar-refractivity contribution in [2.75, 3.05) is 4.90 Å². The molecule has 5 heteroatoms. The van der Waals surface area contributed by atoms with Gasteiger partial charge in [0.1, 0.15) is 5.75 Å². The topological polar surface area (TPSA) is 63.7 Å². The van der Waals surface area contributed by atoms with E-state index in [0.717, 1.165) is 25.7 Å². The molecule has 0 aromatic heterocycles. The number of anilines is 1. The Labute approximate surface area is 122 Å². The summed E-state index contributed by atoms with van der Waals surface area (Å²) in [5.41, 5.74) is 0.484. The second-order valence-electron chi connectivity index (χ2n) is 5.60. The number of imide groups is 1. The Morgan fingerprint density at radius 3 is 2.33 bits per heavy atom. The Morgan fingerprint density at radius 1 is 1.14 bits per heavy atom. The van der Waals surface area contributed by atoms with Crippen LogP contribution in [0.15, 0.2) is 24.3 Å². The summed E-state index contributed by atoms with van der Waals surface area (Å²) in [7, 11) is 0. The number of carbonyl (C=O) groups excluding carboxylic acids is 3. The number of benzene rings is 1. The Morgan fingerprint density at radius 2 is 1.76 bits per heavy atom. The number of hydrogen-bond acceptors (Lipinski definition) is 4. The van der Waals surface area contributed by atoms with Crippen LogP contribution in [0.5, 0.6) is 5.75 Å². The zero-order valence-electron chi connectivity index (χ0n) is 11.9. The highest BCUT2D eigenvalue weighted by atomic mass is 16.5.